The second-order valence-corrected chi connectivity index (χ2v) is 6.66. The van der Waals surface area contributed by atoms with Crippen molar-refractivity contribution in [1.82, 2.24) is 9.80 Å². The van der Waals surface area contributed by atoms with Crippen LogP contribution in [0.1, 0.15) is 25.3 Å². The van der Waals surface area contributed by atoms with E-state index in [1.807, 2.05) is 11.8 Å². The highest BCUT2D eigenvalue weighted by atomic mass is 16.6. The number of carbonyl (C=O) groups excluding carboxylic acids is 1. The Kier molecular flexibility index (Phi) is 3.14. The molecule has 1 aromatic carbocycles. The maximum absolute atomic E-state index is 12.0. The average molecular weight is 286 g/mol. The van der Waals surface area contributed by atoms with E-state index in [2.05, 4.69) is 35.2 Å². The molecule has 21 heavy (non-hydrogen) atoms. The lowest BCUT2D eigenvalue weighted by atomic mass is 9.90. The molecular weight excluding hydrogens is 264 g/mol. The van der Waals surface area contributed by atoms with Crippen LogP contribution in [0, 0.1) is 5.92 Å². The third kappa shape index (κ3) is 2.22. The van der Waals surface area contributed by atoms with Crippen LogP contribution in [0.4, 0.5) is 4.79 Å². The standard InChI is InChI=1S/C17H22N2O2/c1-12-16-15-8-7-14(11-19(16)17(20)21-12)10-18(15)9-13-5-3-2-4-6-13/h2-6,12,14-16H,7-11H2,1H3/t12-,14-,15-,16+/m1/s1. The lowest BCUT2D eigenvalue weighted by Crippen LogP contribution is -2.51. The first-order valence-corrected chi connectivity index (χ1v) is 7.97. The van der Waals surface area contributed by atoms with Gasteiger partial charge < -0.3 is 4.74 Å². The lowest BCUT2D eigenvalue weighted by molar-refractivity contribution is 0.0707. The van der Waals surface area contributed by atoms with Crippen molar-refractivity contribution < 1.29 is 9.53 Å². The second-order valence-electron chi connectivity index (χ2n) is 6.66. The molecule has 5 rings (SSSR count). The molecule has 0 spiro atoms. The molecule has 2 bridgehead atoms. The number of cyclic esters (lactones) is 1. The van der Waals surface area contributed by atoms with Crippen LogP contribution in [-0.4, -0.2) is 47.2 Å². The Morgan fingerprint density at radius 3 is 2.81 bits per heavy atom. The van der Waals surface area contributed by atoms with Gasteiger partial charge in [-0.2, -0.15) is 0 Å². The third-order valence-electron chi connectivity index (χ3n) is 5.27. The zero-order valence-corrected chi connectivity index (χ0v) is 12.4. The van der Waals surface area contributed by atoms with Gasteiger partial charge in [0.2, 0.25) is 0 Å². The summed E-state index contributed by atoms with van der Waals surface area (Å²) in [5.41, 5.74) is 1.36. The van der Waals surface area contributed by atoms with E-state index < -0.39 is 0 Å². The van der Waals surface area contributed by atoms with E-state index in [9.17, 15) is 4.79 Å². The molecule has 4 atom stereocenters. The molecule has 0 aliphatic carbocycles. The molecule has 0 saturated carbocycles. The van der Waals surface area contributed by atoms with Gasteiger partial charge in [0.25, 0.3) is 0 Å². The van der Waals surface area contributed by atoms with Crippen LogP contribution in [0.25, 0.3) is 0 Å². The maximum atomic E-state index is 12.0. The fourth-order valence-electron chi connectivity index (χ4n) is 4.35. The van der Waals surface area contributed by atoms with E-state index >= 15 is 0 Å². The fraction of sp³-hybridized carbons (Fsp3) is 0.588. The number of fused-ring (bicyclic) bond motifs is 2. The van der Waals surface area contributed by atoms with Gasteiger partial charge in [-0.1, -0.05) is 30.3 Å². The molecule has 0 aromatic heterocycles. The zero-order chi connectivity index (χ0) is 14.4. The molecule has 4 saturated heterocycles. The van der Waals surface area contributed by atoms with Crippen molar-refractivity contribution in [2.45, 2.75) is 44.5 Å². The number of benzene rings is 1. The number of piperidine rings is 1. The predicted molar refractivity (Wildman–Crippen MR) is 79.8 cm³/mol. The molecule has 4 aliphatic rings. The second kappa shape index (κ2) is 5.02. The first-order valence-electron chi connectivity index (χ1n) is 7.97. The summed E-state index contributed by atoms with van der Waals surface area (Å²) >= 11 is 0. The van der Waals surface area contributed by atoms with Crippen molar-refractivity contribution in [3.63, 3.8) is 0 Å². The van der Waals surface area contributed by atoms with Crippen LogP contribution in [0.3, 0.4) is 0 Å². The van der Waals surface area contributed by atoms with Gasteiger partial charge in [0.1, 0.15) is 6.10 Å². The van der Waals surface area contributed by atoms with Crippen molar-refractivity contribution in [2.75, 3.05) is 13.1 Å². The first kappa shape index (κ1) is 13.1. The first-order chi connectivity index (χ1) is 10.2. The number of nitrogens with zero attached hydrogens (tertiary/aromatic N) is 2. The van der Waals surface area contributed by atoms with Gasteiger partial charge in [-0.25, -0.2) is 4.79 Å². The topological polar surface area (TPSA) is 32.8 Å². The highest BCUT2D eigenvalue weighted by molar-refractivity contribution is 5.71. The Labute approximate surface area is 125 Å². The van der Waals surface area contributed by atoms with Crippen molar-refractivity contribution in [1.29, 1.82) is 0 Å². The van der Waals surface area contributed by atoms with Crippen molar-refractivity contribution in [3.05, 3.63) is 35.9 Å². The van der Waals surface area contributed by atoms with Crippen molar-refractivity contribution in [3.8, 4) is 0 Å². The Hall–Kier alpha value is -1.55. The highest BCUT2D eigenvalue weighted by Crippen LogP contribution is 2.37. The van der Waals surface area contributed by atoms with E-state index in [0.717, 1.165) is 19.6 Å². The Morgan fingerprint density at radius 1 is 1.19 bits per heavy atom. The maximum Gasteiger partial charge on any atom is 0.410 e. The van der Waals surface area contributed by atoms with Crippen molar-refractivity contribution >= 4 is 6.09 Å². The zero-order valence-electron chi connectivity index (χ0n) is 12.4. The van der Waals surface area contributed by atoms with Crippen LogP contribution in [0.5, 0.6) is 0 Å². The normalized spacial score (nSPS) is 35.5. The lowest BCUT2D eigenvalue weighted by Gasteiger charge is -2.39. The fourth-order valence-corrected chi connectivity index (χ4v) is 4.35. The number of ether oxygens (including phenoxy) is 1. The van der Waals surface area contributed by atoms with Gasteiger partial charge in [0, 0.05) is 25.7 Å². The van der Waals surface area contributed by atoms with E-state index in [0.29, 0.717) is 12.0 Å². The summed E-state index contributed by atoms with van der Waals surface area (Å²) in [6, 6.07) is 11.3. The van der Waals surface area contributed by atoms with Gasteiger partial charge in [-0.15, -0.1) is 0 Å². The number of amides is 1. The molecule has 4 nitrogen and oxygen atoms in total. The summed E-state index contributed by atoms with van der Waals surface area (Å²) < 4.78 is 5.48. The van der Waals surface area contributed by atoms with Crippen LogP contribution in [0.15, 0.2) is 30.3 Å². The summed E-state index contributed by atoms with van der Waals surface area (Å²) in [5.74, 6) is 0.591. The molecular formula is C17H22N2O2. The quantitative estimate of drug-likeness (QED) is 0.837. The summed E-state index contributed by atoms with van der Waals surface area (Å²) in [4.78, 5) is 16.6. The van der Waals surface area contributed by atoms with Crippen molar-refractivity contribution in [2.24, 2.45) is 5.92 Å². The molecule has 0 N–H and O–H groups in total. The number of hydrogen-bond acceptors (Lipinski definition) is 3. The molecule has 112 valence electrons. The number of carbonyl (C=O) groups is 1. The Bertz CT molecular complexity index is 533. The average Bonchev–Trinajstić information content (AvgIpc) is 2.66. The van der Waals surface area contributed by atoms with E-state index in [4.69, 9.17) is 4.74 Å². The Balaban J connectivity index is 1.61. The van der Waals surface area contributed by atoms with Crippen LogP contribution in [0.2, 0.25) is 0 Å². The van der Waals surface area contributed by atoms with Gasteiger partial charge in [-0.3, -0.25) is 9.80 Å². The van der Waals surface area contributed by atoms with Gasteiger partial charge in [0.05, 0.1) is 6.04 Å². The van der Waals surface area contributed by atoms with E-state index in [1.165, 1.54) is 18.4 Å². The summed E-state index contributed by atoms with van der Waals surface area (Å²) in [7, 11) is 0. The minimum absolute atomic E-state index is 0.0117. The van der Waals surface area contributed by atoms with Gasteiger partial charge in [0.15, 0.2) is 0 Å². The molecule has 0 unspecified atom stereocenters. The van der Waals surface area contributed by atoms with Crippen LogP contribution >= 0.6 is 0 Å². The van der Waals surface area contributed by atoms with Crippen LogP contribution in [-0.2, 0) is 11.3 Å². The minimum atomic E-state index is -0.106. The van der Waals surface area contributed by atoms with Gasteiger partial charge >= 0.3 is 6.09 Å². The third-order valence-corrected chi connectivity index (χ3v) is 5.27. The van der Waals surface area contributed by atoms with E-state index in [-0.39, 0.29) is 18.2 Å². The number of rotatable bonds is 2. The minimum Gasteiger partial charge on any atom is -0.444 e. The molecule has 4 fully saturated rings. The summed E-state index contributed by atoms with van der Waals surface area (Å²) in [5, 5.41) is 0. The largest absolute Gasteiger partial charge is 0.444 e. The number of hydrogen-bond donors (Lipinski definition) is 0. The summed E-state index contributed by atoms with van der Waals surface area (Å²) in [6.07, 6.45) is 2.33. The van der Waals surface area contributed by atoms with Crippen LogP contribution < -0.4 is 0 Å². The van der Waals surface area contributed by atoms with Gasteiger partial charge in [-0.05, 0) is 31.2 Å². The molecule has 0 radical (unpaired) electrons. The molecule has 1 amide bonds. The molecule has 4 heterocycles. The SMILES string of the molecule is C[C@H]1OC(=O)N2C[C@@H]3CC[C@H]([C@H]12)N(Cc1ccccc1)C3. The smallest absolute Gasteiger partial charge is 0.410 e. The Morgan fingerprint density at radius 2 is 2.00 bits per heavy atom. The molecule has 4 heteroatoms. The predicted octanol–water partition coefficient (Wildman–Crippen LogP) is 2.49. The molecule has 1 aromatic rings. The molecule has 4 aliphatic heterocycles. The highest BCUT2D eigenvalue weighted by Gasteiger charge is 2.50. The monoisotopic (exact) mass is 286 g/mol. The van der Waals surface area contributed by atoms with E-state index in [1.54, 1.807) is 0 Å². The summed E-state index contributed by atoms with van der Waals surface area (Å²) in [6.45, 7) is 5.00.